The first-order valence-electron chi connectivity index (χ1n) is 5.56. The summed E-state index contributed by atoms with van der Waals surface area (Å²) in [6.07, 6.45) is 3.82. The summed E-state index contributed by atoms with van der Waals surface area (Å²) in [6, 6.07) is 1.59. The zero-order valence-electron chi connectivity index (χ0n) is 9.55. The van der Waals surface area contributed by atoms with E-state index < -0.39 is 0 Å². The summed E-state index contributed by atoms with van der Waals surface area (Å²) in [6.45, 7) is 5.12. The lowest BCUT2D eigenvalue weighted by atomic mass is 9.92. The molecule has 4 heteroatoms. The summed E-state index contributed by atoms with van der Waals surface area (Å²) >= 11 is 5.74. The van der Waals surface area contributed by atoms with Crippen LogP contribution in [0.5, 0.6) is 0 Å². The van der Waals surface area contributed by atoms with Gasteiger partial charge in [-0.15, -0.1) is 0 Å². The summed E-state index contributed by atoms with van der Waals surface area (Å²) in [4.78, 5) is 11.8. The number of amides is 1. The lowest BCUT2D eigenvalue weighted by Gasteiger charge is -2.19. The van der Waals surface area contributed by atoms with Crippen LogP contribution in [-0.2, 0) is 0 Å². The van der Waals surface area contributed by atoms with E-state index in [1.54, 1.807) is 6.07 Å². The van der Waals surface area contributed by atoms with Crippen LogP contribution in [0.4, 0.5) is 0 Å². The van der Waals surface area contributed by atoms with Crippen LogP contribution in [0, 0.1) is 11.3 Å². The smallest absolute Gasteiger partial charge is 0.256 e. The summed E-state index contributed by atoms with van der Waals surface area (Å²) in [5, 5.41) is 3.09. The van der Waals surface area contributed by atoms with Crippen molar-refractivity contribution in [2.45, 2.75) is 26.7 Å². The molecule has 1 aromatic rings. The maximum absolute atomic E-state index is 11.8. The van der Waals surface area contributed by atoms with Crippen molar-refractivity contribution in [3.8, 4) is 0 Å². The molecule has 0 bridgehead atoms. The number of carbonyl (C=O) groups is 1. The second-order valence-corrected chi connectivity index (χ2v) is 5.15. The third kappa shape index (κ3) is 2.09. The van der Waals surface area contributed by atoms with Crippen molar-refractivity contribution in [2.24, 2.45) is 11.3 Å². The van der Waals surface area contributed by atoms with E-state index in [2.05, 4.69) is 19.2 Å². The Balaban J connectivity index is 1.92. The summed E-state index contributed by atoms with van der Waals surface area (Å²) < 4.78 is 4.89. The fourth-order valence-corrected chi connectivity index (χ4v) is 2.13. The van der Waals surface area contributed by atoms with Crippen molar-refractivity contribution in [3.05, 3.63) is 23.1 Å². The van der Waals surface area contributed by atoms with E-state index in [4.69, 9.17) is 16.0 Å². The molecule has 3 nitrogen and oxygen atoms in total. The largest absolute Gasteiger partial charge is 0.452 e. The van der Waals surface area contributed by atoms with Crippen LogP contribution in [0.1, 0.15) is 37.0 Å². The van der Waals surface area contributed by atoms with Crippen molar-refractivity contribution >= 4 is 17.5 Å². The topological polar surface area (TPSA) is 42.2 Å². The van der Waals surface area contributed by atoms with Crippen LogP contribution >= 0.6 is 11.6 Å². The maximum Gasteiger partial charge on any atom is 0.256 e. The Hall–Kier alpha value is -0.960. The van der Waals surface area contributed by atoms with E-state index in [0.717, 1.165) is 6.54 Å². The number of nitrogens with one attached hydrogen (secondary N) is 1. The van der Waals surface area contributed by atoms with Gasteiger partial charge < -0.3 is 9.73 Å². The molecule has 0 unspecified atom stereocenters. The van der Waals surface area contributed by atoms with E-state index >= 15 is 0 Å². The fraction of sp³-hybridized carbons (Fsp3) is 0.583. The van der Waals surface area contributed by atoms with Crippen molar-refractivity contribution in [1.82, 2.24) is 5.32 Å². The van der Waals surface area contributed by atoms with Gasteiger partial charge in [-0.1, -0.05) is 13.8 Å². The third-order valence-electron chi connectivity index (χ3n) is 3.58. The number of hydrogen-bond donors (Lipinski definition) is 1. The van der Waals surface area contributed by atoms with Crippen LogP contribution < -0.4 is 5.32 Å². The molecule has 0 aliphatic heterocycles. The van der Waals surface area contributed by atoms with Gasteiger partial charge in [0, 0.05) is 6.54 Å². The number of hydrogen-bond acceptors (Lipinski definition) is 2. The first kappa shape index (κ1) is 11.5. The molecule has 0 aromatic carbocycles. The van der Waals surface area contributed by atoms with Gasteiger partial charge in [0.05, 0.1) is 11.8 Å². The molecule has 1 saturated carbocycles. The number of carbonyl (C=O) groups excluding carboxylic acids is 1. The molecule has 1 heterocycles. The van der Waals surface area contributed by atoms with Crippen molar-refractivity contribution in [2.75, 3.05) is 6.54 Å². The normalized spacial score (nSPS) is 17.5. The van der Waals surface area contributed by atoms with E-state index in [0.29, 0.717) is 16.9 Å². The molecule has 1 amide bonds. The number of rotatable bonds is 4. The molecular formula is C12H16ClNO2. The van der Waals surface area contributed by atoms with Crippen molar-refractivity contribution < 1.29 is 9.21 Å². The third-order valence-corrected chi connectivity index (χ3v) is 3.87. The second-order valence-electron chi connectivity index (χ2n) is 4.81. The van der Waals surface area contributed by atoms with Crippen molar-refractivity contribution in [1.29, 1.82) is 0 Å². The minimum absolute atomic E-state index is 0.148. The molecule has 1 aliphatic rings. The van der Waals surface area contributed by atoms with Crippen LogP contribution in [0.15, 0.2) is 16.7 Å². The van der Waals surface area contributed by atoms with Crippen LogP contribution in [-0.4, -0.2) is 12.5 Å². The molecule has 1 aliphatic carbocycles. The highest BCUT2D eigenvalue weighted by Gasteiger charge is 2.45. The Bertz CT molecular complexity index is 393. The van der Waals surface area contributed by atoms with Gasteiger partial charge >= 0.3 is 0 Å². The standard InChI is InChI=1S/C12H16ClNO2/c1-8(2)12(4-5-12)7-14-11(15)9-3-6-16-10(9)13/h3,6,8H,4-5,7H2,1-2H3,(H,14,15). The summed E-state index contributed by atoms with van der Waals surface area (Å²) in [5.74, 6) is 0.457. The Morgan fingerprint density at radius 3 is 2.75 bits per heavy atom. The van der Waals surface area contributed by atoms with Gasteiger partial charge in [0.2, 0.25) is 5.22 Å². The number of halogens is 1. The predicted molar refractivity (Wildman–Crippen MR) is 62.6 cm³/mol. The minimum atomic E-state index is -0.148. The maximum atomic E-state index is 11.8. The molecule has 0 atom stereocenters. The van der Waals surface area contributed by atoms with Gasteiger partial charge in [0.15, 0.2) is 0 Å². The molecule has 1 N–H and O–H groups in total. The molecular weight excluding hydrogens is 226 g/mol. The predicted octanol–water partition coefficient (Wildman–Crippen LogP) is 3.10. The van der Waals surface area contributed by atoms with Gasteiger partial charge in [-0.3, -0.25) is 4.79 Å². The highest BCUT2D eigenvalue weighted by molar-refractivity contribution is 6.32. The van der Waals surface area contributed by atoms with Crippen LogP contribution in [0.25, 0.3) is 0 Å². The van der Waals surface area contributed by atoms with Crippen molar-refractivity contribution in [3.63, 3.8) is 0 Å². The van der Waals surface area contributed by atoms with Gasteiger partial charge in [0.25, 0.3) is 5.91 Å². The molecule has 0 spiro atoms. The zero-order valence-corrected chi connectivity index (χ0v) is 10.3. The Kier molecular flexibility index (Phi) is 2.98. The quantitative estimate of drug-likeness (QED) is 0.880. The molecule has 16 heavy (non-hydrogen) atoms. The van der Waals surface area contributed by atoms with Crippen LogP contribution in [0.3, 0.4) is 0 Å². The molecule has 2 rings (SSSR count). The SMILES string of the molecule is CC(C)C1(CNC(=O)c2ccoc2Cl)CC1. The van der Waals surface area contributed by atoms with E-state index in [9.17, 15) is 4.79 Å². The van der Waals surface area contributed by atoms with Gasteiger partial charge in [0.1, 0.15) is 0 Å². The summed E-state index contributed by atoms with van der Waals surface area (Å²) in [7, 11) is 0. The second kappa shape index (κ2) is 4.13. The van der Waals surface area contributed by atoms with Gasteiger partial charge in [-0.05, 0) is 41.8 Å². The van der Waals surface area contributed by atoms with Gasteiger partial charge in [-0.2, -0.15) is 0 Å². The molecule has 88 valence electrons. The number of furan rings is 1. The van der Waals surface area contributed by atoms with E-state index in [1.165, 1.54) is 19.1 Å². The highest BCUT2D eigenvalue weighted by atomic mass is 35.5. The van der Waals surface area contributed by atoms with Crippen LogP contribution in [0.2, 0.25) is 5.22 Å². The Morgan fingerprint density at radius 1 is 1.62 bits per heavy atom. The van der Waals surface area contributed by atoms with Gasteiger partial charge in [-0.25, -0.2) is 0 Å². The van der Waals surface area contributed by atoms with E-state index in [-0.39, 0.29) is 11.1 Å². The monoisotopic (exact) mass is 241 g/mol. The molecule has 1 aromatic heterocycles. The Morgan fingerprint density at radius 2 is 2.31 bits per heavy atom. The lowest BCUT2D eigenvalue weighted by molar-refractivity contribution is 0.0939. The minimum Gasteiger partial charge on any atom is -0.452 e. The molecule has 0 radical (unpaired) electrons. The van der Waals surface area contributed by atoms with E-state index in [1.807, 2.05) is 0 Å². The first-order chi connectivity index (χ1) is 7.55. The molecule has 0 saturated heterocycles. The molecule has 1 fully saturated rings. The summed E-state index contributed by atoms with van der Waals surface area (Å²) in [5.41, 5.74) is 0.729. The fourth-order valence-electron chi connectivity index (χ4n) is 1.93. The first-order valence-corrected chi connectivity index (χ1v) is 5.94. The Labute approximate surface area is 100 Å². The average molecular weight is 242 g/mol. The lowest BCUT2D eigenvalue weighted by Crippen LogP contribution is -2.32. The zero-order chi connectivity index (χ0) is 11.8. The highest BCUT2D eigenvalue weighted by Crippen LogP contribution is 2.51. The average Bonchev–Trinajstić information content (AvgIpc) is 2.92.